The molecule has 0 heterocycles. The Bertz CT molecular complexity index is 280. The molecule has 0 bridgehead atoms. The van der Waals surface area contributed by atoms with Crippen LogP contribution in [0.2, 0.25) is 0 Å². The normalized spacial score (nSPS) is 15.4. The SMILES string of the molecule is OC(CBr)C(O)c1cccc(F)c1. The summed E-state index contributed by atoms with van der Waals surface area (Å²) in [4.78, 5) is 0. The Hall–Kier alpha value is -0.450. The summed E-state index contributed by atoms with van der Waals surface area (Å²) in [5.41, 5.74) is 0.381. The minimum atomic E-state index is -1.05. The second kappa shape index (κ2) is 4.69. The van der Waals surface area contributed by atoms with Crippen LogP contribution >= 0.6 is 15.9 Å². The van der Waals surface area contributed by atoms with Gasteiger partial charge in [0, 0.05) is 5.33 Å². The summed E-state index contributed by atoms with van der Waals surface area (Å²) in [5, 5.41) is 19.0. The minimum absolute atomic E-state index is 0.255. The molecule has 0 saturated carbocycles. The first-order valence-electron chi connectivity index (χ1n) is 3.82. The molecular weight excluding hydrogens is 239 g/mol. The molecule has 13 heavy (non-hydrogen) atoms. The molecule has 2 atom stereocenters. The zero-order chi connectivity index (χ0) is 9.84. The van der Waals surface area contributed by atoms with E-state index in [0.717, 1.165) is 0 Å². The first-order valence-corrected chi connectivity index (χ1v) is 4.95. The van der Waals surface area contributed by atoms with Crippen LogP contribution in [0.5, 0.6) is 0 Å². The van der Waals surface area contributed by atoms with Gasteiger partial charge in [-0.1, -0.05) is 28.1 Å². The summed E-state index contributed by atoms with van der Waals surface area (Å²) in [6.45, 7) is 0. The molecule has 1 rings (SSSR count). The highest BCUT2D eigenvalue weighted by molar-refractivity contribution is 9.09. The lowest BCUT2D eigenvalue weighted by Crippen LogP contribution is -2.19. The molecule has 4 heteroatoms. The zero-order valence-electron chi connectivity index (χ0n) is 6.82. The molecule has 2 N–H and O–H groups in total. The highest BCUT2D eigenvalue weighted by Crippen LogP contribution is 2.18. The average molecular weight is 249 g/mol. The molecule has 0 saturated heterocycles. The minimum Gasteiger partial charge on any atom is -0.389 e. The van der Waals surface area contributed by atoms with E-state index in [1.165, 1.54) is 18.2 Å². The van der Waals surface area contributed by atoms with Crippen LogP contribution in [0.15, 0.2) is 24.3 Å². The number of hydrogen-bond acceptors (Lipinski definition) is 2. The molecule has 0 amide bonds. The molecule has 1 aromatic rings. The lowest BCUT2D eigenvalue weighted by atomic mass is 10.1. The fourth-order valence-electron chi connectivity index (χ4n) is 0.997. The summed E-state index contributed by atoms with van der Waals surface area (Å²) >= 11 is 3.03. The van der Waals surface area contributed by atoms with Crippen molar-refractivity contribution >= 4 is 15.9 Å². The van der Waals surface area contributed by atoms with Crippen molar-refractivity contribution in [1.82, 2.24) is 0 Å². The molecule has 0 aromatic heterocycles. The predicted octanol–water partition coefficient (Wildman–Crippen LogP) is 1.61. The second-order valence-corrected chi connectivity index (χ2v) is 3.37. The Morgan fingerprint density at radius 1 is 1.38 bits per heavy atom. The molecule has 0 aliphatic heterocycles. The van der Waals surface area contributed by atoms with E-state index in [9.17, 15) is 14.6 Å². The topological polar surface area (TPSA) is 40.5 Å². The third kappa shape index (κ3) is 2.76. The summed E-state index contributed by atoms with van der Waals surface area (Å²) in [6, 6.07) is 5.56. The number of hydrogen-bond donors (Lipinski definition) is 2. The third-order valence-corrected chi connectivity index (χ3v) is 2.38. The van der Waals surface area contributed by atoms with Crippen LogP contribution in [0.4, 0.5) is 4.39 Å². The second-order valence-electron chi connectivity index (χ2n) is 2.72. The van der Waals surface area contributed by atoms with Gasteiger partial charge in [0.25, 0.3) is 0 Å². The van der Waals surface area contributed by atoms with Crippen molar-refractivity contribution in [3.63, 3.8) is 0 Å². The van der Waals surface area contributed by atoms with Crippen molar-refractivity contribution in [3.05, 3.63) is 35.6 Å². The number of halogens is 2. The third-order valence-electron chi connectivity index (χ3n) is 1.71. The molecule has 0 aliphatic carbocycles. The van der Waals surface area contributed by atoms with Gasteiger partial charge in [-0.2, -0.15) is 0 Å². The summed E-state index contributed by atoms with van der Waals surface area (Å²) in [6.07, 6.45) is -1.96. The lowest BCUT2D eigenvalue weighted by Gasteiger charge is -2.15. The van der Waals surface area contributed by atoms with Crippen LogP contribution < -0.4 is 0 Å². The molecule has 0 aliphatic rings. The van der Waals surface area contributed by atoms with Gasteiger partial charge in [0.15, 0.2) is 0 Å². The van der Waals surface area contributed by atoms with Crippen LogP contribution in [0.1, 0.15) is 11.7 Å². The van der Waals surface area contributed by atoms with Gasteiger partial charge in [0.2, 0.25) is 0 Å². The molecule has 0 radical (unpaired) electrons. The largest absolute Gasteiger partial charge is 0.389 e. The maximum absolute atomic E-state index is 12.7. The molecule has 72 valence electrons. The van der Waals surface area contributed by atoms with Gasteiger partial charge in [0.05, 0.1) is 6.10 Å². The van der Waals surface area contributed by atoms with Gasteiger partial charge >= 0.3 is 0 Å². The first-order chi connectivity index (χ1) is 6.15. The number of rotatable bonds is 3. The molecule has 2 nitrogen and oxygen atoms in total. The molecule has 1 aromatic carbocycles. The molecule has 2 unspecified atom stereocenters. The van der Waals surface area contributed by atoms with Crippen molar-refractivity contribution in [3.8, 4) is 0 Å². The Kier molecular flexibility index (Phi) is 3.84. The van der Waals surface area contributed by atoms with Crippen molar-refractivity contribution in [2.75, 3.05) is 5.33 Å². The Morgan fingerprint density at radius 2 is 2.08 bits per heavy atom. The summed E-state index contributed by atoms with van der Waals surface area (Å²) in [7, 11) is 0. The van der Waals surface area contributed by atoms with Crippen LogP contribution in [0.25, 0.3) is 0 Å². The molecule has 0 fully saturated rings. The Balaban J connectivity index is 2.82. The Labute approximate surface area is 84.1 Å². The van der Waals surface area contributed by atoms with Crippen molar-refractivity contribution in [2.24, 2.45) is 0 Å². The Morgan fingerprint density at radius 3 is 2.62 bits per heavy atom. The maximum Gasteiger partial charge on any atom is 0.123 e. The van der Waals surface area contributed by atoms with E-state index >= 15 is 0 Å². The summed E-state index contributed by atoms with van der Waals surface area (Å²) < 4.78 is 12.7. The quantitative estimate of drug-likeness (QED) is 0.799. The van der Waals surface area contributed by atoms with E-state index in [2.05, 4.69) is 15.9 Å². The van der Waals surface area contributed by atoms with Crippen molar-refractivity contribution in [1.29, 1.82) is 0 Å². The smallest absolute Gasteiger partial charge is 0.123 e. The number of aliphatic hydroxyl groups excluding tert-OH is 2. The van der Waals surface area contributed by atoms with Gasteiger partial charge in [-0.05, 0) is 17.7 Å². The van der Waals surface area contributed by atoms with Gasteiger partial charge in [-0.25, -0.2) is 4.39 Å². The number of alkyl halides is 1. The first kappa shape index (κ1) is 10.6. The lowest BCUT2D eigenvalue weighted by molar-refractivity contribution is 0.0341. The predicted molar refractivity (Wildman–Crippen MR) is 51.2 cm³/mol. The van der Waals surface area contributed by atoms with Gasteiger partial charge < -0.3 is 10.2 Å². The molecular formula is C9H10BrFO2. The van der Waals surface area contributed by atoms with E-state index in [0.29, 0.717) is 5.56 Å². The number of benzene rings is 1. The van der Waals surface area contributed by atoms with E-state index in [4.69, 9.17) is 0 Å². The standard InChI is InChI=1S/C9H10BrFO2/c10-5-8(12)9(13)6-2-1-3-7(11)4-6/h1-4,8-9,12-13H,5H2. The van der Waals surface area contributed by atoms with E-state index in [-0.39, 0.29) is 5.33 Å². The van der Waals surface area contributed by atoms with E-state index in [1.54, 1.807) is 6.07 Å². The van der Waals surface area contributed by atoms with Crippen molar-refractivity contribution < 1.29 is 14.6 Å². The van der Waals surface area contributed by atoms with E-state index in [1.807, 2.05) is 0 Å². The fraction of sp³-hybridized carbons (Fsp3) is 0.333. The summed E-state index contributed by atoms with van der Waals surface area (Å²) in [5.74, 6) is -0.418. The van der Waals surface area contributed by atoms with Gasteiger partial charge in [0.1, 0.15) is 11.9 Å². The van der Waals surface area contributed by atoms with Crippen LogP contribution in [0, 0.1) is 5.82 Å². The fourth-order valence-corrected chi connectivity index (χ4v) is 1.35. The highest BCUT2D eigenvalue weighted by Gasteiger charge is 2.16. The van der Waals surface area contributed by atoms with Crippen LogP contribution in [-0.2, 0) is 0 Å². The highest BCUT2D eigenvalue weighted by atomic mass is 79.9. The van der Waals surface area contributed by atoms with Gasteiger partial charge in [-0.3, -0.25) is 0 Å². The number of aliphatic hydroxyl groups is 2. The average Bonchev–Trinajstić information content (AvgIpc) is 2.15. The van der Waals surface area contributed by atoms with Crippen molar-refractivity contribution in [2.45, 2.75) is 12.2 Å². The monoisotopic (exact) mass is 248 g/mol. The van der Waals surface area contributed by atoms with Crippen LogP contribution in [0.3, 0.4) is 0 Å². The zero-order valence-corrected chi connectivity index (χ0v) is 8.41. The maximum atomic E-state index is 12.7. The van der Waals surface area contributed by atoms with E-state index < -0.39 is 18.0 Å². The molecule has 0 spiro atoms. The van der Waals surface area contributed by atoms with Crippen LogP contribution in [-0.4, -0.2) is 21.6 Å². The van der Waals surface area contributed by atoms with Gasteiger partial charge in [-0.15, -0.1) is 0 Å².